The summed E-state index contributed by atoms with van der Waals surface area (Å²) in [6.07, 6.45) is 6.14. The Labute approximate surface area is 227 Å². The van der Waals surface area contributed by atoms with Gasteiger partial charge in [0.1, 0.15) is 11.7 Å². The van der Waals surface area contributed by atoms with Crippen LogP contribution >= 0.6 is 11.6 Å². The van der Waals surface area contributed by atoms with E-state index in [-0.39, 0.29) is 17.9 Å². The Morgan fingerprint density at radius 2 is 1.84 bits per heavy atom. The first-order valence-corrected chi connectivity index (χ1v) is 13.4. The van der Waals surface area contributed by atoms with E-state index in [0.29, 0.717) is 23.1 Å². The lowest BCUT2D eigenvalue weighted by Gasteiger charge is -2.17. The molecule has 1 aliphatic heterocycles. The maximum absolute atomic E-state index is 12.8. The first-order chi connectivity index (χ1) is 18.5. The van der Waals surface area contributed by atoms with Crippen molar-refractivity contribution in [2.45, 2.75) is 44.8 Å². The number of halogens is 1. The first-order valence-electron chi connectivity index (χ1n) is 13.0. The van der Waals surface area contributed by atoms with Crippen LogP contribution in [0.1, 0.15) is 30.9 Å². The summed E-state index contributed by atoms with van der Waals surface area (Å²) in [4.78, 5) is 32.7. The summed E-state index contributed by atoms with van der Waals surface area (Å²) in [6.45, 7) is 2.81. The van der Waals surface area contributed by atoms with E-state index in [1.165, 1.54) is 16.7 Å². The number of aromatic amines is 1. The smallest absolute Gasteiger partial charge is 0.242 e. The van der Waals surface area contributed by atoms with Crippen molar-refractivity contribution in [3.63, 3.8) is 0 Å². The number of amides is 2. The molecule has 1 fully saturated rings. The average Bonchev–Trinajstić information content (AvgIpc) is 3.58. The Kier molecular flexibility index (Phi) is 8.05. The number of nitrogens with zero attached hydrogens (tertiary/aromatic N) is 1. The fourth-order valence-electron chi connectivity index (χ4n) is 4.93. The van der Waals surface area contributed by atoms with E-state index in [4.69, 9.17) is 11.6 Å². The second-order valence-corrected chi connectivity index (χ2v) is 10.4. The zero-order valence-corrected chi connectivity index (χ0v) is 22.1. The molecule has 0 aliphatic carbocycles. The Morgan fingerprint density at radius 3 is 2.63 bits per heavy atom. The number of nitrogens with one attached hydrogen (secondary N) is 4. The number of H-pyrrole nitrogens is 1. The number of benzene rings is 2. The van der Waals surface area contributed by atoms with Crippen molar-refractivity contribution >= 4 is 34.4 Å². The summed E-state index contributed by atoms with van der Waals surface area (Å²) >= 11 is 6.15. The van der Waals surface area contributed by atoms with Crippen LogP contribution in [-0.2, 0) is 22.6 Å². The van der Waals surface area contributed by atoms with Crippen molar-refractivity contribution in [3.05, 3.63) is 89.2 Å². The number of aryl methyl sites for hydroxylation is 1. The van der Waals surface area contributed by atoms with Crippen LogP contribution in [0.25, 0.3) is 22.2 Å². The monoisotopic (exact) mass is 529 g/mol. The highest BCUT2D eigenvalue weighted by atomic mass is 35.5. The molecule has 0 bridgehead atoms. The number of aromatic nitrogens is 2. The molecule has 2 aromatic carbocycles. The molecule has 3 atom stereocenters. The number of hydrogen-bond donors (Lipinski definition) is 4. The van der Waals surface area contributed by atoms with Gasteiger partial charge < -0.3 is 20.9 Å². The van der Waals surface area contributed by atoms with Gasteiger partial charge in [-0.1, -0.05) is 66.2 Å². The highest BCUT2D eigenvalue weighted by Crippen LogP contribution is 2.24. The van der Waals surface area contributed by atoms with Crippen molar-refractivity contribution in [2.24, 2.45) is 5.92 Å². The van der Waals surface area contributed by atoms with E-state index in [2.05, 4.69) is 74.4 Å². The molecule has 0 saturated carbocycles. The van der Waals surface area contributed by atoms with Crippen LogP contribution in [-0.4, -0.2) is 40.4 Å². The third-order valence-electron chi connectivity index (χ3n) is 7.20. The second-order valence-electron chi connectivity index (χ2n) is 9.99. The van der Waals surface area contributed by atoms with Gasteiger partial charge in [0, 0.05) is 24.3 Å². The minimum atomic E-state index is -0.640. The molecule has 0 radical (unpaired) electrons. The maximum Gasteiger partial charge on any atom is 0.242 e. The Morgan fingerprint density at radius 1 is 1.08 bits per heavy atom. The van der Waals surface area contributed by atoms with Crippen LogP contribution < -0.4 is 16.0 Å². The molecule has 196 valence electrons. The number of carbonyl (C=O) groups excluding carboxylic acids is 2. The Bertz CT molecular complexity index is 1400. The number of pyridine rings is 1. The molecule has 1 saturated heterocycles. The predicted octanol–water partition coefficient (Wildman–Crippen LogP) is 4.62. The molecule has 4 N–H and O–H groups in total. The van der Waals surface area contributed by atoms with Gasteiger partial charge >= 0.3 is 0 Å². The fourth-order valence-corrected chi connectivity index (χ4v) is 5.13. The van der Waals surface area contributed by atoms with Crippen LogP contribution in [0.3, 0.4) is 0 Å². The lowest BCUT2D eigenvalue weighted by Crippen LogP contribution is -2.49. The van der Waals surface area contributed by atoms with Crippen molar-refractivity contribution in [3.8, 4) is 11.1 Å². The topological polar surface area (TPSA) is 98.9 Å². The van der Waals surface area contributed by atoms with E-state index in [1.54, 1.807) is 19.3 Å². The largest absolute Gasteiger partial charge is 0.350 e. The van der Waals surface area contributed by atoms with Crippen LogP contribution in [0.5, 0.6) is 0 Å². The zero-order valence-electron chi connectivity index (χ0n) is 21.3. The molecule has 4 aromatic rings. The third kappa shape index (κ3) is 6.23. The highest BCUT2D eigenvalue weighted by Gasteiger charge is 2.30. The minimum absolute atomic E-state index is 0.135. The molecular weight excluding hydrogens is 498 g/mol. The summed E-state index contributed by atoms with van der Waals surface area (Å²) in [5, 5.41) is 10.4. The quantitative estimate of drug-likeness (QED) is 0.254. The van der Waals surface area contributed by atoms with E-state index in [9.17, 15) is 9.59 Å². The number of carbonyl (C=O) groups is 2. The maximum atomic E-state index is 12.8. The van der Waals surface area contributed by atoms with Crippen molar-refractivity contribution in [1.29, 1.82) is 0 Å². The Balaban J connectivity index is 1.05. The highest BCUT2D eigenvalue weighted by molar-refractivity contribution is 6.35. The van der Waals surface area contributed by atoms with Crippen molar-refractivity contribution < 1.29 is 9.59 Å². The molecular formula is C30H32ClN5O2. The summed E-state index contributed by atoms with van der Waals surface area (Å²) in [5.41, 5.74) is 5.27. The van der Waals surface area contributed by atoms with Crippen molar-refractivity contribution in [2.75, 3.05) is 6.54 Å². The van der Waals surface area contributed by atoms with E-state index >= 15 is 0 Å². The molecule has 8 heteroatoms. The lowest BCUT2D eigenvalue weighted by molar-refractivity contribution is -0.129. The van der Waals surface area contributed by atoms with Crippen LogP contribution in [0.15, 0.2) is 73.1 Å². The molecule has 0 unspecified atom stereocenters. The van der Waals surface area contributed by atoms with Crippen LogP contribution in [0, 0.1) is 5.92 Å². The number of fused-ring (bicyclic) bond motifs is 1. The lowest BCUT2D eigenvalue weighted by atomic mass is 9.95. The summed E-state index contributed by atoms with van der Waals surface area (Å²) in [7, 11) is 0. The normalized spacial score (nSPS) is 17.8. The van der Waals surface area contributed by atoms with Gasteiger partial charge in [-0.05, 0) is 67.0 Å². The van der Waals surface area contributed by atoms with Crippen LogP contribution in [0.4, 0.5) is 0 Å². The summed E-state index contributed by atoms with van der Waals surface area (Å²) in [5.74, 6) is 0.0445. The molecule has 0 spiro atoms. The fraction of sp³-hybridized carbons (Fsp3) is 0.300. The van der Waals surface area contributed by atoms with Gasteiger partial charge in [-0.2, -0.15) is 0 Å². The minimum Gasteiger partial charge on any atom is -0.350 e. The first kappa shape index (κ1) is 25.9. The molecule has 2 aromatic heterocycles. The van der Waals surface area contributed by atoms with Crippen LogP contribution in [0.2, 0.25) is 5.02 Å². The average molecular weight is 530 g/mol. The number of hydrogen-bond acceptors (Lipinski definition) is 4. The van der Waals surface area contributed by atoms with Gasteiger partial charge in [0.25, 0.3) is 0 Å². The third-order valence-corrected chi connectivity index (χ3v) is 7.51. The summed E-state index contributed by atoms with van der Waals surface area (Å²) in [6, 6.07) is 20.1. The number of rotatable bonds is 9. The molecule has 3 heterocycles. The molecule has 7 nitrogen and oxygen atoms in total. The van der Waals surface area contributed by atoms with E-state index in [1.807, 2.05) is 12.1 Å². The molecule has 38 heavy (non-hydrogen) atoms. The zero-order chi connectivity index (χ0) is 26.5. The molecule has 1 aliphatic rings. The van der Waals surface area contributed by atoms with Gasteiger partial charge in [-0.25, -0.2) is 4.98 Å². The Hall–Kier alpha value is -3.68. The van der Waals surface area contributed by atoms with Crippen molar-refractivity contribution in [1.82, 2.24) is 25.9 Å². The second kappa shape index (κ2) is 11.8. The van der Waals surface area contributed by atoms with Gasteiger partial charge in [-0.3, -0.25) is 9.59 Å². The standard InChI is InChI=1S/C30H32ClN5O2/c1-19(29(37)35-17-22-13-25-26(31)18-34-28(25)33-16-22)36-30(38)27-14-21(15-32-27)8-7-20-9-11-24(12-10-20)23-5-3-2-4-6-23/h2-6,9-13,16,18-19,21,27,32H,7-8,14-15,17H2,1H3,(H,33,34)(H,35,37)(H,36,38)/t19-,21-,27+/m0/s1. The van der Waals surface area contributed by atoms with E-state index in [0.717, 1.165) is 36.8 Å². The molecule has 2 amide bonds. The van der Waals surface area contributed by atoms with Gasteiger partial charge in [-0.15, -0.1) is 0 Å². The predicted molar refractivity (Wildman–Crippen MR) is 151 cm³/mol. The van der Waals surface area contributed by atoms with E-state index < -0.39 is 6.04 Å². The SMILES string of the molecule is C[C@H](NC(=O)[C@H]1C[C@H](CCc2ccc(-c3ccccc3)cc2)CN1)C(=O)NCc1cnc2[nH]cc(Cl)c2c1. The molecule has 5 rings (SSSR count). The van der Waals surface area contributed by atoms with Gasteiger partial charge in [0.15, 0.2) is 0 Å². The van der Waals surface area contributed by atoms with Gasteiger partial charge in [0.2, 0.25) is 11.8 Å². The summed E-state index contributed by atoms with van der Waals surface area (Å²) < 4.78 is 0. The van der Waals surface area contributed by atoms with Gasteiger partial charge in [0.05, 0.1) is 11.1 Å².